The Labute approximate surface area is 216 Å². The first-order valence-electron chi connectivity index (χ1n) is 12.8. The molecule has 8 nitrogen and oxygen atoms in total. The van der Waals surface area contributed by atoms with Gasteiger partial charge in [-0.25, -0.2) is 9.67 Å². The molecule has 1 aliphatic carbocycles. The molecule has 2 fully saturated rings. The fourth-order valence-corrected chi connectivity index (χ4v) is 4.75. The lowest BCUT2D eigenvalue weighted by atomic mass is 9.91. The van der Waals surface area contributed by atoms with Crippen molar-refractivity contribution in [3.63, 3.8) is 0 Å². The Morgan fingerprint density at radius 2 is 2.03 bits per heavy atom. The molecule has 0 amide bonds. The number of methoxy groups -OCH3 is 1. The fraction of sp³-hybridized carbons (Fsp3) is 0.464. The molecule has 196 valence electrons. The van der Waals surface area contributed by atoms with E-state index in [1.165, 1.54) is 25.1 Å². The molecule has 3 heterocycles. The Morgan fingerprint density at radius 1 is 1.22 bits per heavy atom. The molecule has 1 saturated heterocycles. The van der Waals surface area contributed by atoms with Crippen molar-refractivity contribution in [1.29, 1.82) is 0 Å². The Hall–Kier alpha value is -3.14. The molecule has 9 heteroatoms. The van der Waals surface area contributed by atoms with E-state index < -0.39 is 12.1 Å². The minimum Gasteiger partial charge on any atom is -0.476 e. The minimum atomic E-state index is -0.567. The molecule has 0 radical (unpaired) electrons. The first-order chi connectivity index (χ1) is 18.0. The van der Waals surface area contributed by atoms with E-state index in [4.69, 9.17) is 19.4 Å². The van der Waals surface area contributed by atoms with Gasteiger partial charge in [-0.05, 0) is 55.5 Å². The van der Waals surface area contributed by atoms with E-state index in [0.717, 1.165) is 16.9 Å². The monoisotopic (exact) mass is 508 g/mol. The van der Waals surface area contributed by atoms with Crippen LogP contribution in [-0.2, 0) is 20.8 Å². The number of nitrogens with zero attached hydrogens (tertiary/aromatic N) is 4. The van der Waals surface area contributed by atoms with Gasteiger partial charge in [-0.2, -0.15) is 9.45 Å². The number of pyridine rings is 1. The predicted molar refractivity (Wildman–Crippen MR) is 135 cm³/mol. The van der Waals surface area contributed by atoms with E-state index in [0.29, 0.717) is 43.7 Å². The van der Waals surface area contributed by atoms with E-state index in [-0.39, 0.29) is 24.5 Å². The molecule has 3 aromatic rings. The predicted octanol–water partition coefficient (Wildman–Crippen LogP) is 4.26. The Morgan fingerprint density at radius 3 is 2.76 bits per heavy atom. The van der Waals surface area contributed by atoms with Crippen LogP contribution in [-0.4, -0.2) is 59.0 Å². The van der Waals surface area contributed by atoms with Crippen molar-refractivity contribution in [2.24, 2.45) is 11.8 Å². The molecular formula is C28H33FN4O4. The molecular weight excluding hydrogens is 475 g/mol. The zero-order valence-corrected chi connectivity index (χ0v) is 21.3. The van der Waals surface area contributed by atoms with Gasteiger partial charge >= 0.3 is 0 Å². The normalized spacial score (nSPS) is 19.9. The van der Waals surface area contributed by atoms with Crippen molar-refractivity contribution in [3.05, 3.63) is 71.4 Å². The minimum absolute atomic E-state index is 0.0654. The summed E-state index contributed by atoms with van der Waals surface area (Å²) in [7, 11) is 1.63. The van der Waals surface area contributed by atoms with Gasteiger partial charge in [0.05, 0.1) is 24.6 Å². The number of rotatable bonds is 12. The lowest BCUT2D eigenvalue weighted by Gasteiger charge is -2.17. The van der Waals surface area contributed by atoms with Gasteiger partial charge < -0.3 is 9.47 Å². The highest BCUT2D eigenvalue weighted by Crippen LogP contribution is 2.37. The number of para-hydroxylation sites is 1. The number of hydroxylamine groups is 2. The summed E-state index contributed by atoms with van der Waals surface area (Å²) in [5.41, 5.74) is 3.26. The Bertz CT molecular complexity index is 1210. The van der Waals surface area contributed by atoms with Crippen LogP contribution in [0.4, 0.5) is 4.39 Å². The van der Waals surface area contributed by atoms with Gasteiger partial charge in [-0.3, -0.25) is 9.63 Å². The number of hydrogen-bond donors (Lipinski definition) is 0. The van der Waals surface area contributed by atoms with E-state index in [1.807, 2.05) is 41.9 Å². The van der Waals surface area contributed by atoms with Crippen LogP contribution in [0, 0.1) is 24.7 Å². The summed E-state index contributed by atoms with van der Waals surface area (Å²) < 4.78 is 26.9. The van der Waals surface area contributed by atoms with Crippen molar-refractivity contribution >= 4 is 5.78 Å². The van der Waals surface area contributed by atoms with Crippen LogP contribution < -0.4 is 4.74 Å². The van der Waals surface area contributed by atoms with Gasteiger partial charge in [-0.1, -0.05) is 18.2 Å². The van der Waals surface area contributed by atoms with Crippen LogP contribution >= 0.6 is 0 Å². The van der Waals surface area contributed by atoms with Crippen molar-refractivity contribution in [3.8, 4) is 11.6 Å². The van der Waals surface area contributed by atoms with E-state index >= 15 is 0 Å². The highest BCUT2D eigenvalue weighted by molar-refractivity contribution is 5.81. The van der Waals surface area contributed by atoms with Gasteiger partial charge in [-0.15, -0.1) is 5.10 Å². The number of ether oxygens (including phenoxy) is 2. The van der Waals surface area contributed by atoms with E-state index in [9.17, 15) is 9.18 Å². The Kier molecular flexibility index (Phi) is 7.93. The summed E-state index contributed by atoms with van der Waals surface area (Å²) in [6.07, 6.45) is 3.88. The lowest BCUT2D eigenvalue weighted by molar-refractivity contribution is -0.155. The SMILES string of the molecule is COCCN1C[C@@H](CC(=O)Cc2c(C)c(OCC3CC3)nn2-c2ccccc2)[C@H](c2ccnc(F)c2)O1. The number of carbonyl (C=O) groups is 1. The second kappa shape index (κ2) is 11.5. The number of ketones is 1. The highest BCUT2D eigenvalue weighted by Gasteiger charge is 2.37. The third-order valence-electron chi connectivity index (χ3n) is 6.96. The largest absolute Gasteiger partial charge is 0.476 e. The molecule has 1 aliphatic heterocycles. The number of hydrogen-bond acceptors (Lipinski definition) is 7. The molecule has 5 rings (SSSR count). The van der Waals surface area contributed by atoms with Gasteiger partial charge in [0.25, 0.3) is 0 Å². The van der Waals surface area contributed by atoms with Crippen LogP contribution in [0.25, 0.3) is 5.69 Å². The van der Waals surface area contributed by atoms with Gasteiger partial charge in [0.1, 0.15) is 11.9 Å². The van der Waals surface area contributed by atoms with Crippen molar-refractivity contribution in [2.75, 3.05) is 33.4 Å². The first kappa shape index (κ1) is 25.5. The average molecular weight is 509 g/mol. The zero-order valence-electron chi connectivity index (χ0n) is 21.3. The maximum atomic E-state index is 13.9. The molecule has 0 bridgehead atoms. The number of carbonyl (C=O) groups excluding carboxylic acids is 1. The number of Topliss-reactive ketones (excluding diaryl/α,β-unsaturated/α-hetero) is 1. The summed E-state index contributed by atoms with van der Waals surface area (Å²) in [5.74, 6) is 0.548. The third kappa shape index (κ3) is 6.23. The summed E-state index contributed by atoms with van der Waals surface area (Å²) in [5, 5.41) is 6.53. The molecule has 0 spiro atoms. The lowest BCUT2D eigenvalue weighted by Crippen LogP contribution is -2.24. The fourth-order valence-electron chi connectivity index (χ4n) is 4.75. The van der Waals surface area contributed by atoms with Gasteiger partial charge in [0, 0.05) is 50.7 Å². The number of aromatic nitrogens is 3. The third-order valence-corrected chi connectivity index (χ3v) is 6.96. The first-order valence-corrected chi connectivity index (χ1v) is 12.8. The molecule has 2 aliphatic rings. The molecule has 37 heavy (non-hydrogen) atoms. The maximum absolute atomic E-state index is 13.9. The Balaban J connectivity index is 1.35. The average Bonchev–Trinajstić information content (AvgIpc) is 3.57. The van der Waals surface area contributed by atoms with E-state index in [1.54, 1.807) is 18.2 Å². The van der Waals surface area contributed by atoms with Gasteiger partial charge in [0.15, 0.2) is 0 Å². The van der Waals surface area contributed by atoms with Crippen LogP contribution in [0.1, 0.15) is 42.2 Å². The smallest absolute Gasteiger partial charge is 0.236 e. The summed E-state index contributed by atoms with van der Waals surface area (Å²) in [6.45, 7) is 4.23. The summed E-state index contributed by atoms with van der Waals surface area (Å²) in [6, 6.07) is 12.9. The topological polar surface area (TPSA) is 78.7 Å². The molecule has 0 unspecified atom stereocenters. The molecule has 2 atom stereocenters. The van der Waals surface area contributed by atoms with Crippen molar-refractivity contribution < 1.29 is 23.5 Å². The highest BCUT2D eigenvalue weighted by atomic mass is 19.1. The van der Waals surface area contributed by atoms with Crippen LogP contribution in [0.5, 0.6) is 5.88 Å². The quantitative estimate of drug-likeness (QED) is 0.338. The van der Waals surface area contributed by atoms with Crippen LogP contribution in [0.2, 0.25) is 0 Å². The molecule has 1 aromatic carbocycles. The second-order valence-electron chi connectivity index (χ2n) is 9.88. The van der Waals surface area contributed by atoms with E-state index in [2.05, 4.69) is 4.98 Å². The van der Waals surface area contributed by atoms with Crippen LogP contribution in [0.3, 0.4) is 0 Å². The van der Waals surface area contributed by atoms with Crippen LogP contribution in [0.15, 0.2) is 48.7 Å². The summed E-state index contributed by atoms with van der Waals surface area (Å²) in [4.78, 5) is 23.3. The molecule has 2 aromatic heterocycles. The van der Waals surface area contributed by atoms with Crippen molar-refractivity contribution in [1.82, 2.24) is 19.8 Å². The number of halogens is 1. The van der Waals surface area contributed by atoms with Crippen molar-refractivity contribution in [2.45, 2.75) is 38.7 Å². The summed E-state index contributed by atoms with van der Waals surface area (Å²) >= 11 is 0. The zero-order chi connectivity index (χ0) is 25.8. The molecule has 1 saturated carbocycles. The maximum Gasteiger partial charge on any atom is 0.236 e. The second-order valence-corrected chi connectivity index (χ2v) is 9.88. The number of benzene rings is 1. The van der Waals surface area contributed by atoms with Gasteiger partial charge in [0.2, 0.25) is 11.8 Å². The standard InChI is InChI=1S/C28H33FN4O4/c1-19-25(33(23-6-4-3-5-7-23)31-28(19)36-18-20-8-9-20)16-24(34)14-22-17-32(12-13-35-2)37-27(22)21-10-11-30-26(29)15-21/h3-7,10-11,15,20,22,27H,8-9,12-14,16-18H2,1-2H3/t22-,27+/m1/s1. The molecule has 0 N–H and O–H groups in total.